The van der Waals surface area contributed by atoms with E-state index in [9.17, 15) is 24.6 Å². The van der Waals surface area contributed by atoms with Crippen molar-refractivity contribution in [2.45, 2.75) is 46.0 Å². The summed E-state index contributed by atoms with van der Waals surface area (Å²) >= 11 is 0. The number of morpholine rings is 1. The van der Waals surface area contributed by atoms with Gasteiger partial charge in [0.05, 0.1) is 48.7 Å². The number of aromatic nitrogens is 3. The first-order valence-corrected chi connectivity index (χ1v) is 18.3. The Hall–Kier alpha value is -5.86. The molecule has 0 radical (unpaired) electrons. The van der Waals surface area contributed by atoms with Crippen LogP contribution in [0.1, 0.15) is 86.6 Å². The molecule has 4 heterocycles. The number of ether oxygens (including phenoxy) is 2. The van der Waals surface area contributed by atoms with E-state index in [2.05, 4.69) is 25.2 Å². The molecule has 1 amide bonds. The number of H-pyrrole nitrogens is 2. The number of aromatic amines is 2. The van der Waals surface area contributed by atoms with Gasteiger partial charge < -0.3 is 40.7 Å². The third kappa shape index (κ3) is 8.93. The first kappa shape index (κ1) is 38.9. The summed E-state index contributed by atoms with van der Waals surface area (Å²) < 4.78 is 10.3. The number of esters is 1. The number of nitrogens with zero attached hydrogens (tertiary/aromatic N) is 2. The average Bonchev–Trinajstić information content (AvgIpc) is 3.82. The Balaban J connectivity index is 0.000000252. The third-order valence-electron chi connectivity index (χ3n) is 9.58. The fourth-order valence-electron chi connectivity index (χ4n) is 6.71. The molecule has 1 fully saturated rings. The zero-order valence-electron chi connectivity index (χ0n) is 31.1. The van der Waals surface area contributed by atoms with Crippen LogP contribution in [0, 0.1) is 0 Å². The molecular weight excluding hydrogens is 700 g/mol. The Morgan fingerprint density at radius 2 is 1.69 bits per heavy atom. The van der Waals surface area contributed by atoms with Crippen LogP contribution < -0.4 is 11.1 Å². The number of benzene rings is 3. The first-order valence-electron chi connectivity index (χ1n) is 18.3. The van der Waals surface area contributed by atoms with Crippen molar-refractivity contribution in [2.24, 2.45) is 5.73 Å². The lowest BCUT2D eigenvalue weighted by Gasteiger charge is -2.26. The number of hydrogen-bond donors (Lipinski definition) is 6. The number of rotatable bonds is 11. The number of carbonyl (C=O) groups is 3. The highest BCUT2D eigenvalue weighted by Gasteiger charge is 2.23. The molecule has 7 N–H and O–H groups in total. The number of aromatic carboxylic acids is 1. The molecule has 286 valence electrons. The van der Waals surface area contributed by atoms with Gasteiger partial charge in [-0.1, -0.05) is 54.6 Å². The number of carboxylic acids is 1. The second kappa shape index (κ2) is 17.5. The second-order valence-electron chi connectivity index (χ2n) is 13.4. The van der Waals surface area contributed by atoms with E-state index in [0.717, 1.165) is 71.5 Å². The number of hydrogen-bond acceptors (Lipinski definition) is 9. The van der Waals surface area contributed by atoms with E-state index >= 15 is 0 Å². The first-order chi connectivity index (χ1) is 26.6. The Morgan fingerprint density at radius 1 is 0.964 bits per heavy atom. The van der Waals surface area contributed by atoms with Crippen molar-refractivity contribution in [2.75, 3.05) is 32.9 Å². The van der Waals surface area contributed by atoms with Gasteiger partial charge in [0.1, 0.15) is 11.4 Å². The van der Waals surface area contributed by atoms with Crippen molar-refractivity contribution in [3.05, 3.63) is 124 Å². The number of carbonyl (C=O) groups excluding carboxylic acids is 2. The van der Waals surface area contributed by atoms with E-state index in [-0.39, 0.29) is 23.6 Å². The summed E-state index contributed by atoms with van der Waals surface area (Å²) in [5.74, 6) is -1.65. The minimum absolute atomic E-state index is 0.0890. The Labute approximate surface area is 318 Å². The van der Waals surface area contributed by atoms with Crippen molar-refractivity contribution in [1.82, 2.24) is 25.2 Å². The van der Waals surface area contributed by atoms with E-state index in [1.807, 2.05) is 67.6 Å². The predicted molar refractivity (Wildman–Crippen MR) is 210 cm³/mol. The fraction of sp³-hybridized carbons (Fsp3) is 0.286. The molecule has 0 saturated carbocycles. The van der Waals surface area contributed by atoms with E-state index in [1.54, 1.807) is 38.2 Å². The van der Waals surface area contributed by atoms with Crippen LogP contribution in [0.25, 0.3) is 32.9 Å². The standard InChI is InChI=1S/C29H31N5O4.C13H15NO3/c1-18(32-28(35)20-7-5-19(15-30)6-8-20)23-3-2-4-24-25(27(29(36)37)33-26(23)24)21-9-10-22(31-16-21)17-34-11-13-38-14-12-34;1-3-17-13(16)11-7-9-5-4-6-10(8(2)15)12(9)14-11/h2-10,16,18,33H,11-15,17,30H2,1H3,(H,32,35)(H,36,37);4-8,14-15H,3H2,1-2H3. The second-order valence-corrected chi connectivity index (χ2v) is 13.4. The smallest absolute Gasteiger partial charge is 0.354 e. The van der Waals surface area contributed by atoms with Gasteiger partial charge in [0.25, 0.3) is 5.91 Å². The molecule has 13 nitrogen and oxygen atoms in total. The molecule has 2 unspecified atom stereocenters. The summed E-state index contributed by atoms with van der Waals surface area (Å²) in [6, 6.07) is 23.6. The fourth-order valence-corrected chi connectivity index (χ4v) is 6.71. The molecule has 2 atom stereocenters. The molecule has 1 saturated heterocycles. The number of nitrogens with two attached hydrogens (primary N) is 1. The van der Waals surface area contributed by atoms with Gasteiger partial charge >= 0.3 is 11.9 Å². The van der Waals surface area contributed by atoms with Gasteiger partial charge in [-0.2, -0.15) is 0 Å². The molecule has 3 aromatic heterocycles. The van der Waals surface area contributed by atoms with Crippen LogP contribution in [-0.2, 0) is 22.6 Å². The van der Waals surface area contributed by atoms with Crippen LogP contribution in [0.4, 0.5) is 0 Å². The number of nitrogens with one attached hydrogen (secondary N) is 3. The molecule has 13 heteroatoms. The molecular formula is C42H46N6O7. The van der Waals surface area contributed by atoms with Crippen LogP contribution in [-0.4, -0.2) is 80.8 Å². The summed E-state index contributed by atoms with van der Waals surface area (Å²) in [7, 11) is 0. The van der Waals surface area contributed by atoms with E-state index in [1.165, 1.54) is 0 Å². The highest BCUT2D eigenvalue weighted by atomic mass is 16.5. The SMILES string of the molecule is CC(NC(=O)c1ccc(CN)cc1)c1cccc2c(-c3ccc(CN4CCOCC4)nc3)c(C(=O)O)[nH]c12.CCOC(=O)c1cc2cccc(C(C)O)c2[nH]1. The number of aliphatic hydroxyl groups excluding tert-OH is 1. The summed E-state index contributed by atoms with van der Waals surface area (Å²) in [5, 5.41) is 24.3. The molecule has 0 spiro atoms. The summed E-state index contributed by atoms with van der Waals surface area (Å²) in [6.45, 7) is 9.99. The van der Waals surface area contributed by atoms with Gasteiger partial charge in [0.2, 0.25) is 0 Å². The highest BCUT2D eigenvalue weighted by Crippen LogP contribution is 2.36. The quantitative estimate of drug-likeness (QED) is 0.0843. The zero-order chi connectivity index (χ0) is 39.1. The Morgan fingerprint density at radius 3 is 2.35 bits per heavy atom. The van der Waals surface area contributed by atoms with E-state index in [0.29, 0.717) is 41.1 Å². The maximum absolute atomic E-state index is 12.9. The van der Waals surface area contributed by atoms with Gasteiger partial charge in [-0.3, -0.25) is 14.7 Å². The third-order valence-corrected chi connectivity index (χ3v) is 9.58. The Kier molecular flexibility index (Phi) is 12.4. The van der Waals surface area contributed by atoms with Crippen molar-refractivity contribution < 1.29 is 34.1 Å². The number of aliphatic hydroxyl groups is 1. The van der Waals surface area contributed by atoms with Crippen LogP contribution in [0.2, 0.25) is 0 Å². The molecule has 55 heavy (non-hydrogen) atoms. The minimum Gasteiger partial charge on any atom is -0.477 e. The van der Waals surface area contributed by atoms with Crippen LogP contribution in [0.15, 0.2) is 85.1 Å². The zero-order valence-corrected chi connectivity index (χ0v) is 31.1. The lowest BCUT2D eigenvalue weighted by molar-refractivity contribution is 0.0336. The Bertz CT molecular complexity index is 2270. The van der Waals surface area contributed by atoms with Crippen molar-refractivity contribution in [3.8, 4) is 11.1 Å². The van der Waals surface area contributed by atoms with Crippen LogP contribution in [0.3, 0.4) is 0 Å². The summed E-state index contributed by atoms with van der Waals surface area (Å²) in [5.41, 5.74) is 12.9. The summed E-state index contributed by atoms with van der Waals surface area (Å²) in [4.78, 5) is 49.7. The number of amides is 1. The molecule has 3 aromatic carbocycles. The normalized spacial score (nSPS) is 14.2. The van der Waals surface area contributed by atoms with Gasteiger partial charge in [-0.05, 0) is 56.2 Å². The predicted octanol–water partition coefficient (Wildman–Crippen LogP) is 6.11. The van der Waals surface area contributed by atoms with Gasteiger partial charge in [-0.25, -0.2) is 9.59 Å². The molecule has 1 aliphatic heterocycles. The molecule has 7 rings (SSSR count). The topological polar surface area (TPSA) is 196 Å². The number of pyridine rings is 1. The van der Waals surface area contributed by atoms with Crippen molar-refractivity contribution in [3.63, 3.8) is 0 Å². The van der Waals surface area contributed by atoms with Gasteiger partial charge in [0.15, 0.2) is 0 Å². The minimum atomic E-state index is -1.06. The number of para-hydroxylation sites is 2. The molecule has 0 bridgehead atoms. The van der Waals surface area contributed by atoms with Gasteiger partial charge in [-0.15, -0.1) is 0 Å². The number of carboxylic acid groups (broad SMARTS) is 1. The van der Waals surface area contributed by atoms with Crippen molar-refractivity contribution in [1.29, 1.82) is 0 Å². The molecule has 0 aliphatic carbocycles. The average molecular weight is 747 g/mol. The maximum Gasteiger partial charge on any atom is 0.354 e. The van der Waals surface area contributed by atoms with Crippen LogP contribution in [0.5, 0.6) is 0 Å². The van der Waals surface area contributed by atoms with E-state index < -0.39 is 12.1 Å². The maximum atomic E-state index is 12.9. The lowest BCUT2D eigenvalue weighted by Crippen LogP contribution is -2.35. The van der Waals surface area contributed by atoms with E-state index in [4.69, 9.17) is 15.2 Å². The highest BCUT2D eigenvalue weighted by molar-refractivity contribution is 6.08. The van der Waals surface area contributed by atoms with Crippen molar-refractivity contribution >= 4 is 39.7 Å². The molecule has 6 aromatic rings. The largest absolute Gasteiger partial charge is 0.477 e. The monoisotopic (exact) mass is 746 g/mol. The lowest BCUT2D eigenvalue weighted by atomic mass is 9.99. The molecule has 1 aliphatic rings. The summed E-state index contributed by atoms with van der Waals surface area (Å²) in [6.07, 6.45) is 1.15. The number of fused-ring (bicyclic) bond motifs is 2. The van der Waals surface area contributed by atoms with Crippen LogP contribution >= 0.6 is 0 Å². The van der Waals surface area contributed by atoms with Gasteiger partial charge in [0, 0.05) is 65.4 Å².